The molecule has 0 spiro atoms. The summed E-state index contributed by atoms with van der Waals surface area (Å²) in [5.74, 6) is -1.42. The first kappa shape index (κ1) is 13.3. The highest BCUT2D eigenvalue weighted by Gasteiger charge is 2.26. The van der Waals surface area contributed by atoms with Crippen LogP contribution in [0.3, 0.4) is 0 Å². The van der Waals surface area contributed by atoms with Gasteiger partial charge in [-0.05, 0) is 0 Å². The van der Waals surface area contributed by atoms with Crippen molar-refractivity contribution in [1.82, 2.24) is 24.7 Å². The predicted octanol–water partition coefficient (Wildman–Crippen LogP) is -0.239. The predicted molar refractivity (Wildman–Crippen MR) is 61.5 cm³/mol. The van der Waals surface area contributed by atoms with Crippen LogP contribution >= 0.6 is 0 Å². The highest BCUT2D eigenvalue weighted by atomic mass is 16.6. The van der Waals surface area contributed by atoms with Crippen LogP contribution in [-0.2, 0) is 4.74 Å². The molecule has 104 valence electrons. The lowest BCUT2D eigenvalue weighted by Crippen LogP contribution is -2.08. The number of ether oxygens (including phenoxy) is 2. The molecular weight excluding hydrogens is 272 g/mol. The molecule has 2 rings (SSSR count). The van der Waals surface area contributed by atoms with Gasteiger partial charge in [0.25, 0.3) is 11.7 Å². The van der Waals surface area contributed by atoms with E-state index in [4.69, 9.17) is 4.74 Å². The van der Waals surface area contributed by atoms with E-state index in [9.17, 15) is 14.9 Å². The Morgan fingerprint density at radius 3 is 2.70 bits per heavy atom. The monoisotopic (exact) mass is 280 g/mol. The maximum absolute atomic E-state index is 11.2. The SMILES string of the molecule is COC(=O)c1ncn(-c2ncnc(OC)c2[N+](=O)[O-])n1. The molecule has 0 amide bonds. The van der Waals surface area contributed by atoms with Gasteiger partial charge in [0.05, 0.1) is 19.1 Å². The molecule has 2 aromatic heterocycles. The first-order chi connectivity index (χ1) is 9.58. The molecule has 0 radical (unpaired) electrons. The molecule has 0 N–H and O–H groups in total. The maximum Gasteiger partial charge on any atom is 0.377 e. The van der Waals surface area contributed by atoms with Crippen LogP contribution in [0.5, 0.6) is 5.88 Å². The van der Waals surface area contributed by atoms with Crippen molar-refractivity contribution in [3.05, 3.63) is 28.6 Å². The third-order valence-corrected chi connectivity index (χ3v) is 2.22. The average Bonchev–Trinajstić information content (AvgIpc) is 2.95. The van der Waals surface area contributed by atoms with E-state index in [0.29, 0.717) is 0 Å². The van der Waals surface area contributed by atoms with Gasteiger partial charge in [-0.2, -0.15) is 9.67 Å². The van der Waals surface area contributed by atoms with E-state index >= 15 is 0 Å². The number of esters is 1. The molecule has 11 heteroatoms. The van der Waals surface area contributed by atoms with E-state index in [1.54, 1.807) is 0 Å². The normalized spacial score (nSPS) is 10.1. The van der Waals surface area contributed by atoms with Gasteiger partial charge in [0.1, 0.15) is 12.7 Å². The summed E-state index contributed by atoms with van der Waals surface area (Å²) in [6.45, 7) is 0. The molecule has 0 aliphatic carbocycles. The summed E-state index contributed by atoms with van der Waals surface area (Å²) in [5, 5.41) is 14.8. The number of methoxy groups -OCH3 is 2. The molecule has 0 bridgehead atoms. The zero-order chi connectivity index (χ0) is 14.7. The minimum atomic E-state index is -0.771. The second kappa shape index (κ2) is 5.26. The van der Waals surface area contributed by atoms with Crippen molar-refractivity contribution in [2.24, 2.45) is 0 Å². The summed E-state index contributed by atoms with van der Waals surface area (Å²) in [4.78, 5) is 32.7. The molecule has 0 atom stereocenters. The zero-order valence-corrected chi connectivity index (χ0v) is 10.4. The second-order valence-electron chi connectivity index (χ2n) is 3.32. The van der Waals surface area contributed by atoms with Crippen LogP contribution in [0.15, 0.2) is 12.7 Å². The lowest BCUT2D eigenvalue weighted by molar-refractivity contribution is -0.386. The molecule has 0 saturated heterocycles. The van der Waals surface area contributed by atoms with Gasteiger partial charge >= 0.3 is 11.7 Å². The summed E-state index contributed by atoms with van der Waals surface area (Å²) < 4.78 is 10.2. The van der Waals surface area contributed by atoms with Crippen molar-refractivity contribution in [2.75, 3.05) is 14.2 Å². The third kappa shape index (κ3) is 2.23. The number of carbonyl (C=O) groups is 1. The molecule has 11 nitrogen and oxygen atoms in total. The zero-order valence-electron chi connectivity index (χ0n) is 10.4. The fraction of sp³-hybridized carbons (Fsp3) is 0.222. The van der Waals surface area contributed by atoms with Crippen LogP contribution < -0.4 is 4.74 Å². The second-order valence-corrected chi connectivity index (χ2v) is 3.32. The summed E-state index contributed by atoms with van der Waals surface area (Å²) in [6.07, 6.45) is 2.17. The Labute approximate surface area is 111 Å². The lowest BCUT2D eigenvalue weighted by atomic mass is 10.4. The van der Waals surface area contributed by atoms with Gasteiger partial charge in [-0.25, -0.2) is 14.8 Å². The molecule has 0 aliphatic heterocycles. The van der Waals surface area contributed by atoms with Crippen molar-refractivity contribution in [3.63, 3.8) is 0 Å². The van der Waals surface area contributed by atoms with Crippen LogP contribution in [0.1, 0.15) is 10.6 Å². The van der Waals surface area contributed by atoms with Gasteiger partial charge in [-0.15, -0.1) is 5.10 Å². The van der Waals surface area contributed by atoms with Crippen molar-refractivity contribution in [1.29, 1.82) is 0 Å². The van der Waals surface area contributed by atoms with Crippen LogP contribution in [0.2, 0.25) is 0 Å². The number of nitrogens with zero attached hydrogens (tertiary/aromatic N) is 6. The van der Waals surface area contributed by atoms with Crippen molar-refractivity contribution >= 4 is 11.7 Å². The molecule has 0 aliphatic rings. The molecule has 0 fully saturated rings. The lowest BCUT2D eigenvalue weighted by Gasteiger charge is -2.03. The fourth-order valence-corrected chi connectivity index (χ4v) is 1.38. The van der Waals surface area contributed by atoms with E-state index in [-0.39, 0.29) is 17.5 Å². The Morgan fingerprint density at radius 2 is 2.10 bits per heavy atom. The Bertz CT molecular complexity index is 669. The molecular formula is C9H8N6O5. The molecule has 0 aromatic carbocycles. The summed E-state index contributed by atoms with van der Waals surface area (Å²) >= 11 is 0. The van der Waals surface area contributed by atoms with E-state index in [1.165, 1.54) is 14.2 Å². The number of aromatic nitrogens is 5. The molecule has 0 unspecified atom stereocenters. The number of hydrogen-bond donors (Lipinski definition) is 0. The first-order valence-corrected chi connectivity index (χ1v) is 5.12. The van der Waals surface area contributed by atoms with E-state index in [0.717, 1.165) is 17.3 Å². The first-order valence-electron chi connectivity index (χ1n) is 5.12. The number of hydrogen-bond acceptors (Lipinski definition) is 9. The van der Waals surface area contributed by atoms with E-state index < -0.39 is 16.6 Å². The summed E-state index contributed by atoms with van der Waals surface area (Å²) in [5.41, 5.74) is -0.490. The minimum absolute atomic E-state index is 0.176. The van der Waals surface area contributed by atoms with Gasteiger partial charge in [0.2, 0.25) is 5.82 Å². The van der Waals surface area contributed by atoms with Gasteiger partial charge in [0, 0.05) is 0 Å². The molecule has 20 heavy (non-hydrogen) atoms. The molecule has 0 saturated carbocycles. The Hall–Kier alpha value is -3.11. The van der Waals surface area contributed by atoms with Crippen molar-refractivity contribution in [3.8, 4) is 11.7 Å². The van der Waals surface area contributed by atoms with Crippen LogP contribution in [0.25, 0.3) is 5.82 Å². The standard InChI is InChI=1S/C9H8N6O5/c1-19-8-5(15(17)18)7(10-3-11-8)14-4-12-6(13-14)9(16)20-2/h3-4H,1-2H3. The average molecular weight is 280 g/mol. The van der Waals surface area contributed by atoms with Crippen LogP contribution in [0.4, 0.5) is 5.69 Å². The van der Waals surface area contributed by atoms with Gasteiger partial charge in [0.15, 0.2) is 0 Å². The number of carbonyl (C=O) groups excluding carboxylic acids is 1. The van der Waals surface area contributed by atoms with Crippen molar-refractivity contribution < 1.29 is 19.2 Å². The van der Waals surface area contributed by atoms with Crippen molar-refractivity contribution in [2.45, 2.75) is 0 Å². The van der Waals surface area contributed by atoms with Gasteiger partial charge in [-0.1, -0.05) is 0 Å². The summed E-state index contributed by atoms with van der Waals surface area (Å²) in [6, 6.07) is 0. The smallest absolute Gasteiger partial charge is 0.377 e. The number of nitro groups is 1. The molecule has 2 heterocycles. The number of rotatable bonds is 4. The van der Waals surface area contributed by atoms with Crippen LogP contribution in [0, 0.1) is 10.1 Å². The fourth-order valence-electron chi connectivity index (χ4n) is 1.38. The largest absolute Gasteiger partial charge is 0.476 e. The van der Waals surface area contributed by atoms with E-state index in [1.807, 2.05) is 0 Å². The van der Waals surface area contributed by atoms with Crippen LogP contribution in [-0.4, -0.2) is 49.8 Å². The topological polar surface area (TPSA) is 135 Å². The highest BCUT2D eigenvalue weighted by Crippen LogP contribution is 2.28. The van der Waals surface area contributed by atoms with Gasteiger partial charge < -0.3 is 9.47 Å². The highest BCUT2D eigenvalue weighted by molar-refractivity contribution is 5.84. The Morgan fingerprint density at radius 1 is 1.35 bits per heavy atom. The Kier molecular flexibility index (Phi) is 3.50. The maximum atomic E-state index is 11.2. The summed E-state index contributed by atoms with van der Waals surface area (Å²) in [7, 11) is 2.40. The Balaban J connectivity index is 2.55. The van der Waals surface area contributed by atoms with E-state index in [2.05, 4.69) is 24.8 Å². The van der Waals surface area contributed by atoms with Gasteiger partial charge in [-0.3, -0.25) is 10.1 Å². The minimum Gasteiger partial charge on any atom is -0.476 e. The quantitative estimate of drug-likeness (QED) is 0.422. The third-order valence-electron chi connectivity index (χ3n) is 2.22. The molecule has 2 aromatic rings.